The van der Waals surface area contributed by atoms with Crippen LogP contribution in [-0.2, 0) is 9.98 Å². The average Bonchev–Trinajstić information content (AvgIpc) is 2.05. The molecule has 8 heteroatoms. The first-order valence-electron chi connectivity index (χ1n) is 2.17. The maximum Gasteiger partial charge on any atom is 0.101 e. The first-order chi connectivity index (χ1) is 5.35. The van der Waals surface area contributed by atoms with Crippen LogP contribution in [0.1, 0.15) is 0 Å². The van der Waals surface area contributed by atoms with Crippen molar-refractivity contribution in [2.24, 2.45) is 15.5 Å². The van der Waals surface area contributed by atoms with Crippen molar-refractivity contribution in [3.63, 3.8) is 0 Å². The third-order valence-corrected chi connectivity index (χ3v) is 0.437. The molecule has 8 nitrogen and oxygen atoms in total. The zero-order valence-corrected chi connectivity index (χ0v) is 5.15. The van der Waals surface area contributed by atoms with Crippen molar-refractivity contribution >= 4 is 6.21 Å². The molecule has 11 heavy (non-hydrogen) atoms. The van der Waals surface area contributed by atoms with E-state index in [2.05, 4.69) is 25.5 Å². The van der Waals surface area contributed by atoms with Gasteiger partial charge in [0.15, 0.2) is 0 Å². The monoisotopic (exact) mass is 160 g/mol. The molecule has 0 spiro atoms. The zero-order chi connectivity index (χ0) is 8.53. The molecule has 60 valence electrons. The average molecular weight is 160 g/mol. The summed E-state index contributed by atoms with van der Waals surface area (Å²) in [6.45, 7) is 0. The summed E-state index contributed by atoms with van der Waals surface area (Å²) in [5.74, 6) is 2.01. The largest absolute Gasteiger partial charge is 0.224 e. The van der Waals surface area contributed by atoms with Gasteiger partial charge in [-0.3, -0.25) is 0 Å². The first-order valence-corrected chi connectivity index (χ1v) is 2.17. The van der Waals surface area contributed by atoms with Crippen LogP contribution in [-0.4, -0.2) is 22.1 Å². The predicted molar refractivity (Wildman–Crippen MR) is 31.4 cm³/mol. The second-order valence-electron chi connectivity index (χ2n) is 0.991. The summed E-state index contributed by atoms with van der Waals surface area (Å²) in [5, 5.41) is 24.3. The summed E-state index contributed by atoms with van der Waals surface area (Å²) in [4.78, 5) is 6.51. The van der Waals surface area contributed by atoms with Gasteiger partial charge < -0.3 is 0 Å². The van der Waals surface area contributed by atoms with Crippen LogP contribution >= 0.6 is 0 Å². The summed E-state index contributed by atoms with van der Waals surface area (Å²) in [6, 6.07) is 0. The van der Waals surface area contributed by atoms with E-state index >= 15 is 0 Å². The van der Waals surface area contributed by atoms with Crippen molar-refractivity contribution in [2.75, 3.05) is 0 Å². The fourth-order valence-corrected chi connectivity index (χ4v) is 0.162. The van der Waals surface area contributed by atoms with E-state index in [4.69, 9.17) is 16.9 Å². The molecule has 0 aliphatic carbocycles. The van der Waals surface area contributed by atoms with Gasteiger partial charge in [-0.2, -0.15) is 0 Å². The van der Waals surface area contributed by atoms with Gasteiger partial charge in [0.1, 0.15) is 6.21 Å². The van der Waals surface area contributed by atoms with Crippen LogP contribution in [0.15, 0.2) is 15.5 Å². The van der Waals surface area contributed by atoms with Crippen LogP contribution in [0.3, 0.4) is 0 Å². The third kappa shape index (κ3) is 4.94. The second-order valence-corrected chi connectivity index (χ2v) is 0.991. The van der Waals surface area contributed by atoms with Crippen molar-refractivity contribution in [1.82, 2.24) is 5.34 Å². The normalized spacial score (nSPS) is 10.6. The number of nitrogens with zero attached hydrogens (tertiary/aromatic N) is 4. The summed E-state index contributed by atoms with van der Waals surface area (Å²) in [6.07, 6.45) is 5.72. The van der Waals surface area contributed by atoms with Crippen molar-refractivity contribution in [3.05, 3.63) is 0 Å². The van der Waals surface area contributed by atoms with Crippen LogP contribution < -0.4 is 0 Å². The lowest BCUT2D eigenvalue weighted by atomic mass is 10.8. The second kappa shape index (κ2) is 6.59. The molecule has 0 unspecified atom stereocenters. The molecule has 0 radical (unpaired) electrons. The van der Waals surface area contributed by atoms with Gasteiger partial charge in [0.25, 0.3) is 0 Å². The Kier molecular flexibility index (Phi) is 5.67. The Hall–Kier alpha value is -1.53. The molecular formula is C3H4N4O4. The van der Waals surface area contributed by atoms with E-state index in [-0.39, 0.29) is 5.34 Å². The Morgan fingerprint density at radius 2 is 2.09 bits per heavy atom. The maximum absolute atomic E-state index is 7.78. The van der Waals surface area contributed by atoms with Crippen molar-refractivity contribution < 1.29 is 20.5 Å². The lowest BCUT2D eigenvalue weighted by molar-refractivity contribution is -0.587. The van der Waals surface area contributed by atoms with E-state index < -0.39 is 0 Å². The lowest BCUT2D eigenvalue weighted by Crippen LogP contribution is -2.13. The first kappa shape index (κ1) is 9.47. The van der Waals surface area contributed by atoms with E-state index in [9.17, 15) is 0 Å². The Morgan fingerprint density at radius 1 is 1.45 bits per heavy atom. The molecule has 2 N–H and O–H groups in total. The van der Waals surface area contributed by atoms with Crippen LogP contribution in [0.25, 0.3) is 0 Å². The van der Waals surface area contributed by atoms with Gasteiger partial charge in [0, 0.05) is 5.22 Å². The van der Waals surface area contributed by atoms with Gasteiger partial charge in [-0.25, -0.2) is 10.5 Å². The van der Waals surface area contributed by atoms with Crippen molar-refractivity contribution in [1.29, 1.82) is 0 Å². The van der Waals surface area contributed by atoms with Crippen LogP contribution in [0, 0.1) is 12.3 Å². The van der Waals surface area contributed by atoms with Gasteiger partial charge >= 0.3 is 0 Å². The molecule has 0 bridgehead atoms. The van der Waals surface area contributed by atoms with Gasteiger partial charge in [0.2, 0.25) is 0 Å². The molecule has 0 aromatic heterocycles. The fourth-order valence-electron chi connectivity index (χ4n) is 0.162. The van der Waals surface area contributed by atoms with E-state index in [0.29, 0.717) is 0 Å². The molecule has 0 saturated heterocycles. The minimum absolute atomic E-state index is 0.117. The zero-order valence-electron chi connectivity index (χ0n) is 5.15. The predicted octanol–water partition coefficient (Wildman–Crippen LogP) is 0.0838. The standard InChI is InChI=1S/C3H4N4O4/c1-2-3-4-5-6-7(10-8)11-9/h1,3,8-9H/b4-3+,6-5+. The molecular weight excluding hydrogens is 156 g/mol. The van der Waals surface area contributed by atoms with Crippen molar-refractivity contribution in [3.8, 4) is 12.3 Å². The molecule has 0 aliphatic heterocycles. The number of hydrogen-bond donors (Lipinski definition) is 2. The molecule has 0 amide bonds. The Balaban J connectivity index is 3.72. The van der Waals surface area contributed by atoms with Crippen molar-refractivity contribution in [2.45, 2.75) is 0 Å². The van der Waals surface area contributed by atoms with E-state index in [1.807, 2.05) is 5.92 Å². The molecule has 0 aromatic carbocycles. The van der Waals surface area contributed by atoms with E-state index in [1.165, 1.54) is 0 Å². The van der Waals surface area contributed by atoms with Gasteiger partial charge in [-0.15, -0.1) is 11.5 Å². The fraction of sp³-hybridized carbons (Fsp3) is 0. The quantitative estimate of drug-likeness (QED) is 0.199. The summed E-state index contributed by atoms with van der Waals surface area (Å²) in [7, 11) is 0. The minimum atomic E-state index is -0.117. The highest BCUT2D eigenvalue weighted by molar-refractivity contribution is 5.76. The molecule has 0 heterocycles. The SMILES string of the molecule is C#C/C=N/N=N/N(OO)OO. The topological polar surface area (TPSA) is 99.2 Å². The Morgan fingerprint density at radius 3 is 2.55 bits per heavy atom. The molecule has 0 aliphatic rings. The van der Waals surface area contributed by atoms with Crippen LogP contribution in [0.4, 0.5) is 0 Å². The Bertz CT molecular complexity index is 180. The number of terminal acetylenes is 1. The summed E-state index contributed by atoms with van der Waals surface area (Å²) in [5.41, 5.74) is 0. The minimum Gasteiger partial charge on any atom is -0.224 e. The smallest absolute Gasteiger partial charge is 0.101 e. The lowest BCUT2D eigenvalue weighted by Gasteiger charge is -2.01. The highest BCUT2D eigenvalue weighted by Crippen LogP contribution is 1.88. The van der Waals surface area contributed by atoms with E-state index in [1.54, 1.807) is 0 Å². The summed E-state index contributed by atoms with van der Waals surface area (Å²) < 4.78 is 0. The molecule has 0 atom stereocenters. The maximum atomic E-state index is 7.78. The molecule has 0 aromatic rings. The summed E-state index contributed by atoms with van der Waals surface area (Å²) >= 11 is 0. The van der Waals surface area contributed by atoms with E-state index in [0.717, 1.165) is 6.21 Å². The number of rotatable bonds is 4. The van der Waals surface area contributed by atoms with Crippen LogP contribution in [0.5, 0.6) is 0 Å². The van der Waals surface area contributed by atoms with Crippen LogP contribution in [0.2, 0.25) is 0 Å². The Labute approximate surface area is 61.1 Å². The molecule has 0 saturated carbocycles. The molecule has 0 rings (SSSR count). The highest BCUT2D eigenvalue weighted by Gasteiger charge is 1.96. The number of hydrogen-bond acceptors (Lipinski definition) is 6. The van der Waals surface area contributed by atoms with Gasteiger partial charge in [-0.1, -0.05) is 15.9 Å². The highest BCUT2D eigenvalue weighted by atomic mass is 17.4. The van der Waals surface area contributed by atoms with Gasteiger partial charge in [0.05, 0.1) is 5.34 Å². The van der Waals surface area contributed by atoms with Gasteiger partial charge in [-0.05, 0) is 5.22 Å². The molecule has 0 fully saturated rings. The third-order valence-electron chi connectivity index (χ3n) is 0.437.